The van der Waals surface area contributed by atoms with Crippen molar-refractivity contribution in [1.29, 1.82) is 0 Å². The van der Waals surface area contributed by atoms with E-state index in [1.807, 2.05) is 6.07 Å². The molecule has 94 valence electrons. The highest BCUT2D eigenvalue weighted by atomic mass is 32.2. The molecule has 0 aliphatic carbocycles. The van der Waals surface area contributed by atoms with Gasteiger partial charge in [0, 0.05) is 24.4 Å². The van der Waals surface area contributed by atoms with Gasteiger partial charge in [0.15, 0.2) is 0 Å². The first-order chi connectivity index (χ1) is 8.08. The summed E-state index contributed by atoms with van der Waals surface area (Å²) in [6, 6.07) is 5.64. The van der Waals surface area contributed by atoms with Crippen LogP contribution in [-0.2, 0) is 0 Å². The molecule has 1 amide bonds. The predicted octanol–water partition coefficient (Wildman–Crippen LogP) is 1.79. The van der Waals surface area contributed by atoms with E-state index in [1.165, 1.54) is 0 Å². The minimum atomic E-state index is -0.125. The first-order valence-electron chi connectivity index (χ1n) is 5.45. The minimum Gasteiger partial charge on any atom is -0.397 e. The molecule has 0 spiro atoms. The number of carbonyl (C=O) groups is 1. The lowest BCUT2D eigenvalue weighted by Gasteiger charge is -2.16. The Morgan fingerprint density at radius 2 is 2.24 bits per heavy atom. The molecule has 1 atom stereocenters. The number of nitrogens with two attached hydrogens (primary N) is 1. The van der Waals surface area contributed by atoms with Gasteiger partial charge >= 0.3 is 0 Å². The van der Waals surface area contributed by atoms with Crippen LogP contribution in [0.5, 0.6) is 0 Å². The first-order valence-corrected chi connectivity index (χ1v) is 6.85. The summed E-state index contributed by atoms with van der Waals surface area (Å²) in [5.41, 5.74) is 7.96. The summed E-state index contributed by atoms with van der Waals surface area (Å²) < 4.78 is 0. The van der Waals surface area contributed by atoms with Gasteiger partial charge in [-0.2, -0.15) is 11.8 Å². The zero-order valence-corrected chi connectivity index (χ0v) is 11.2. The number of hydrogen-bond donors (Lipinski definition) is 3. The number of carbonyl (C=O) groups excluding carboxylic acids is 1. The second kappa shape index (κ2) is 6.39. The van der Waals surface area contributed by atoms with Crippen molar-refractivity contribution in [1.82, 2.24) is 5.32 Å². The van der Waals surface area contributed by atoms with E-state index in [9.17, 15) is 4.79 Å². The Morgan fingerprint density at radius 1 is 1.53 bits per heavy atom. The maximum Gasteiger partial charge on any atom is 0.251 e. The Morgan fingerprint density at radius 3 is 2.76 bits per heavy atom. The van der Waals surface area contributed by atoms with Crippen molar-refractivity contribution in [3.05, 3.63) is 23.8 Å². The van der Waals surface area contributed by atoms with Gasteiger partial charge in [-0.3, -0.25) is 4.79 Å². The number of benzene rings is 1. The molecule has 5 heteroatoms. The summed E-state index contributed by atoms with van der Waals surface area (Å²) >= 11 is 1.78. The van der Waals surface area contributed by atoms with Crippen molar-refractivity contribution in [2.45, 2.75) is 13.0 Å². The van der Waals surface area contributed by atoms with Crippen LogP contribution in [-0.4, -0.2) is 31.0 Å². The van der Waals surface area contributed by atoms with Gasteiger partial charge in [0.05, 0.1) is 11.4 Å². The summed E-state index contributed by atoms with van der Waals surface area (Å²) in [4.78, 5) is 11.4. The fraction of sp³-hybridized carbons (Fsp3) is 0.417. The first kappa shape index (κ1) is 13.7. The maximum absolute atomic E-state index is 11.4. The van der Waals surface area contributed by atoms with Crippen molar-refractivity contribution in [2.24, 2.45) is 0 Å². The fourth-order valence-electron chi connectivity index (χ4n) is 1.54. The topological polar surface area (TPSA) is 67.2 Å². The highest BCUT2D eigenvalue weighted by molar-refractivity contribution is 7.98. The summed E-state index contributed by atoms with van der Waals surface area (Å²) in [5.74, 6) is 0.886. The van der Waals surface area contributed by atoms with Crippen molar-refractivity contribution < 1.29 is 4.79 Å². The summed E-state index contributed by atoms with van der Waals surface area (Å²) in [5, 5.41) is 5.89. The molecular weight excluding hydrogens is 234 g/mol. The smallest absolute Gasteiger partial charge is 0.251 e. The van der Waals surface area contributed by atoms with E-state index in [-0.39, 0.29) is 5.91 Å². The number of amides is 1. The average Bonchev–Trinajstić information content (AvgIpc) is 2.31. The van der Waals surface area contributed by atoms with Gasteiger partial charge in [-0.05, 0) is 31.4 Å². The van der Waals surface area contributed by atoms with Crippen LogP contribution in [0.4, 0.5) is 11.4 Å². The molecule has 0 bridgehead atoms. The highest BCUT2D eigenvalue weighted by Gasteiger charge is 2.08. The molecule has 0 radical (unpaired) electrons. The van der Waals surface area contributed by atoms with Gasteiger partial charge in [0.2, 0.25) is 0 Å². The molecule has 1 aromatic rings. The van der Waals surface area contributed by atoms with E-state index in [0.29, 0.717) is 17.3 Å². The molecule has 1 aromatic carbocycles. The van der Waals surface area contributed by atoms with Gasteiger partial charge < -0.3 is 16.4 Å². The van der Waals surface area contributed by atoms with Gasteiger partial charge in [-0.1, -0.05) is 0 Å². The lowest BCUT2D eigenvalue weighted by Crippen LogP contribution is -2.20. The van der Waals surface area contributed by atoms with E-state index < -0.39 is 0 Å². The van der Waals surface area contributed by atoms with Crippen LogP contribution < -0.4 is 16.4 Å². The largest absolute Gasteiger partial charge is 0.397 e. The lowest BCUT2D eigenvalue weighted by molar-refractivity contribution is 0.0963. The Balaban J connectivity index is 2.79. The molecule has 1 rings (SSSR count). The maximum atomic E-state index is 11.4. The Hall–Kier alpha value is -1.36. The lowest BCUT2D eigenvalue weighted by atomic mass is 10.1. The van der Waals surface area contributed by atoms with Crippen molar-refractivity contribution in [2.75, 3.05) is 30.1 Å². The number of rotatable bonds is 5. The van der Waals surface area contributed by atoms with Crippen LogP contribution in [0.1, 0.15) is 17.3 Å². The fourth-order valence-corrected chi connectivity index (χ4v) is 2.12. The molecule has 0 aliphatic heterocycles. The molecular formula is C12H19N3OS. The predicted molar refractivity (Wildman–Crippen MR) is 75.7 cm³/mol. The minimum absolute atomic E-state index is 0.125. The highest BCUT2D eigenvalue weighted by Crippen LogP contribution is 2.21. The normalized spacial score (nSPS) is 11.9. The van der Waals surface area contributed by atoms with Crippen LogP contribution in [0, 0.1) is 0 Å². The zero-order valence-electron chi connectivity index (χ0n) is 10.4. The Labute approximate surface area is 106 Å². The standard InChI is InChI=1S/C12H19N3OS/c1-8(7-17-3)15-11-5-4-9(6-10(11)13)12(16)14-2/h4-6,8,15H,7,13H2,1-3H3,(H,14,16). The van der Waals surface area contributed by atoms with E-state index >= 15 is 0 Å². The van der Waals surface area contributed by atoms with E-state index in [4.69, 9.17) is 5.73 Å². The molecule has 0 saturated carbocycles. The number of hydrogen-bond acceptors (Lipinski definition) is 4. The molecule has 0 aromatic heterocycles. The molecule has 0 heterocycles. The van der Waals surface area contributed by atoms with Crippen LogP contribution in [0.2, 0.25) is 0 Å². The van der Waals surface area contributed by atoms with Crippen LogP contribution >= 0.6 is 11.8 Å². The molecule has 0 aliphatic rings. The van der Waals surface area contributed by atoms with Gasteiger partial charge in [-0.25, -0.2) is 0 Å². The molecule has 1 unspecified atom stereocenters. The third-order valence-electron chi connectivity index (χ3n) is 2.36. The summed E-state index contributed by atoms with van der Waals surface area (Å²) in [7, 11) is 1.60. The SMILES string of the molecule is CNC(=O)c1ccc(NC(C)CSC)c(N)c1. The quantitative estimate of drug-likeness (QED) is 0.700. The van der Waals surface area contributed by atoms with E-state index in [2.05, 4.69) is 23.8 Å². The summed E-state index contributed by atoms with van der Waals surface area (Å²) in [6.07, 6.45) is 2.07. The molecule has 0 saturated heterocycles. The Bertz CT molecular complexity index is 395. The van der Waals surface area contributed by atoms with Crippen LogP contribution in [0.3, 0.4) is 0 Å². The van der Waals surface area contributed by atoms with Crippen LogP contribution in [0.25, 0.3) is 0 Å². The second-order valence-corrected chi connectivity index (χ2v) is 4.79. The summed E-state index contributed by atoms with van der Waals surface area (Å²) in [6.45, 7) is 2.10. The Kier molecular flexibility index (Phi) is 5.15. The zero-order chi connectivity index (χ0) is 12.8. The van der Waals surface area contributed by atoms with Gasteiger partial charge in [0.25, 0.3) is 5.91 Å². The van der Waals surface area contributed by atoms with Crippen LogP contribution in [0.15, 0.2) is 18.2 Å². The van der Waals surface area contributed by atoms with Gasteiger partial charge in [-0.15, -0.1) is 0 Å². The number of anilines is 2. The number of nitrogen functional groups attached to an aromatic ring is 1. The third-order valence-corrected chi connectivity index (χ3v) is 3.19. The monoisotopic (exact) mass is 253 g/mol. The number of nitrogens with one attached hydrogen (secondary N) is 2. The molecule has 4 nitrogen and oxygen atoms in total. The van der Waals surface area contributed by atoms with E-state index in [0.717, 1.165) is 11.4 Å². The molecule has 17 heavy (non-hydrogen) atoms. The molecule has 4 N–H and O–H groups in total. The van der Waals surface area contributed by atoms with Crippen molar-refractivity contribution in [3.63, 3.8) is 0 Å². The molecule has 0 fully saturated rings. The third kappa shape index (κ3) is 3.85. The van der Waals surface area contributed by atoms with Crippen molar-refractivity contribution >= 4 is 29.0 Å². The van der Waals surface area contributed by atoms with E-state index in [1.54, 1.807) is 30.9 Å². The number of thioether (sulfide) groups is 1. The van der Waals surface area contributed by atoms with Crippen molar-refractivity contribution in [3.8, 4) is 0 Å². The average molecular weight is 253 g/mol. The second-order valence-electron chi connectivity index (χ2n) is 3.88. The van der Waals surface area contributed by atoms with Gasteiger partial charge in [0.1, 0.15) is 0 Å².